The van der Waals surface area contributed by atoms with E-state index in [1.807, 2.05) is 0 Å². The SMILES string of the molecule is O=C1NCCN1CCNc1cc(Cl)cc(C(F)(F)F)c1. The summed E-state index contributed by atoms with van der Waals surface area (Å²) >= 11 is 5.67. The van der Waals surface area contributed by atoms with Crippen LogP contribution in [-0.2, 0) is 6.18 Å². The fourth-order valence-corrected chi connectivity index (χ4v) is 2.15. The highest BCUT2D eigenvalue weighted by molar-refractivity contribution is 6.30. The number of anilines is 1. The molecule has 0 unspecified atom stereocenters. The Morgan fingerprint density at radius 3 is 2.70 bits per heavy atom. The number of halogens is 4. The van der Waals surface area contributed by atoms with E-state index in [2.05, 4.69) is 10.6 Å². The molecule has 0 spiro atoms. The van der Waals surface area contributed by atoms with E-state index in [1.165, 1.54) is 6.07 Å². The van der Waals surface area contributed by atoms with E-state index < -0.39 is 11.7 Å². The Kier molecular flexibility index (Phi) is 4.27. The summed E-state index contributed by atoms with van der Waals surface area (Å²) in [5, 5.41) is 5.50. The predicted molar refractivity (Wildman–Crippen MR) is 69.9 cm³/mol. The number of urea groups is 1. The van der Waals surface area contributed by atoms with Gasteiger partial charge in [-0.3, -0.25) is 0 Å². The first-order chi connectivity index (χ1) is 9.36. The second-order valence-electron chi connectivity index (χ2n) is 4.37. The lowest BCUT2D eigenvalue weighted by Crippen LogP contribution is -2.32. The molecule has 1 aromatic rings. The van der Waals surface area contributed by atoms with Gasteiger partial charge in [0.05, 0.1) is 5.56 Å². The summed E-state index contributed by atoms with van der Waals surface area (Å²) in [6.45, 7) is 1.96. The molecule has 1 aliphatic rings. The largest absolute Gasteiger partial charge is 0.416 e. The van der Waals surface area contributed by atoms with Gasteiger partial charge in [0, 0.05) is 36.9 Å². The van der Waals surface area contributed by atoms with Crippen LogP contribution >= 0.6 is 11.6 Å². The Bertz CT molecular complexity index is 507. The maximum Gasteiger partial charge on any atom is 0.416 e. The summed E-state index contributed by atoms with van der Waals surface area (Å²) in [5.41, 5.74) is -0.518. The molecule has 2 amide bonds. The van der Waals surface area contributed by atoms with Crippen LogP contribution in [0.3, 0.4) is 0 Å². The molecule has 0 atom stereocenters. The van der Waals surface area contributed by atoms with E-state index in [0.29, 0.717) is 26.2 Å². The second kappa shape index (κ2) is 5.78. The van der Waals surface area contributed by atoms with E-state index in [4.69, 9.17) is 11.6 Å². The van der Waals surface area contributed by atoms with Crippen molar-refractivity contribution in [2.24, 2.45) is 0 Å². The molecule has 1 saturated heterocycles. The second-order valence-corrected chi connectivity index (χ2v) is 4.81. The number of nitrogens with zero attached hydrogens (tertiary/aromatic N) is 1. The Hall–Kier alpha value is -1.63. The lowest BCUT2D eigenvalue weighted by molar-refractivity contribution is -0.137. The first-order valence-corrected chi connectivity index (χ1v) is 6.38. The molecule has 0 aliphatic carbocycles. The Balaban J connectivity index is 1.95. The smallest absolute Gasteiger partial charge is 0.383 e. The van der Waals surface area contributed by atoms with Gasteiger partial charge in [0.2, 0.25) is 0 Å². The van der Waals surface area contributed by atoms with Gasteiger partial charge in [0.25, 0.3) is 0 Å². The van der Waals surface area contributed by atoms with Gasteiger partial charge in [0.15, 0.2) is 0 Å². The number of hydrogen-bond acceptors (Lipinski definition) is 2. The van der Waals surface area contributed by atoms with Gasteiger partial charge < -0.3 is 15.5 Å². The minimum Gasteiger partial charge on any atom is -0.383 e. The predicted octanol–water partition coefficient (Wildman–Crippen LogP) is 2.80. The molecule has 1 aliphatic heterocycles. The monoisotopic (exact) mass is 307 g/mol. The molecule has 110 valence electrons. The lowest BCUT2D eigenvalue weighted by atomic mass is 10.2. The van der Waals surface area contributed by atoms with Gasteiger partial charge in [-0.05, 0) is 18.2 Å². The maximum atomic E-state index is 12.6. The van der Waals surface area contributed by atoms with Crippen LogP contribution in [0.5, 0.6) is 0 Å². The normalized spacial score (nSPS) is 15.4. The third-order valence-electron chi connectivity index (χ3n) is 2.88. The molecule has 1 heterocycles. The Morgan fingerprint density at radius 2 is 2.10 bits per heavy atom. The van der Waals surface area contributed by atoms with Crippen molar-refractivity contribution in [3.05, 3.63) is 28.8 Å². The number of hydrogen-bond donors (Lipinski definition) is 2. The number of carbonyl (C=O) groups excluding carboxylic acids is 1. The molecule has 2 N–H and O–H groups in total. The fourth-order valence-electron chi connectivity index (χ4n) is 1.92. The van der Waals surface area contributed by atoms with Gasteiger partial charge in [-0.25, -0.2) is 4.79 Å². The zero-order valence-corrected chi connectivity index (χ0v) is 11.2. The lowest BCUT2D eigenvalue weighted by Gasteiger charge is -2.16. The van der Waals surface area contributed by atoms with Gasteiger partial charge in [-0.1, -0.05) is 11.6 Å². The van der Waals surface area contributed by atoms with E-state index in [9.17, 15) is 18.0 Å². The van der Waals surface area contributed by atoms with Crippen molar-refractivity contribution in [3.63, 3.8) is 0 Å². The zero-order chi connectivity index (χ0) is 14.8. The Morgan fingerprint density at radius 1 is 1.35 bits per heavy atom. The molecular weight excluding hydrogens is 295 g/mol. The van der Waals surface area contributed by atoms with Crippen LogP contribution < -0.4 is 10.6 Å². The van der Waals surface area contributed by atoms with Crippen LogP contribution in [0.25, 0.3) is 0 Å². The molecular formula is C12H13ClF3N3O. The van der Waals surface area contributed by atoms with Crippen molar-refractivity contribution in [1.82, 2.24) is 10.2 Å². The van der Waals surface area contributed by atoms with Crippen molar-refractivity contribution in [1.29, 1.82) is 0 Å². The standard InChI is InChI=1S/C12H13ClF3N3O/c13-9-5-8(12(14,15)16)6-10(7-9)17-1-3-19-4-2-18-11(19)20/h5-7,17H,1-4H2,(H,18,20). The highest BCUT2D eigenvalue weighted by Gasteiger charge is 2.31. The number of amides is 2. The van der Waals surface area contributed by atoms with Gasteiger partial charge in [0.1, 0.15) is 0 Å². The highest BCUT2D eigenvalue weighted by Crippen LogP contribution is 2.33. The molecule has 0 bridgehead atoms. The number of nitrogens with one attached hydrogen (secondary N) is 2. The first kappa shape index (κ1) is 14.8. The minimum atomic E-state index is -4.43. The van der Waals surface area contributed by atoms with E-state index >= 15 is 0 Å². The number of carbonyl (C=O) groups is 1. The summed E-state index contributed by atoms with van der Waals surface area (Å²) in [7, 11) is 0. The summed E-state index contributed by atoms with van der Waals surface area (Å²) in [6, 6.07) is 3.13. The molecule has 4 nitrogen and oxygen atoms in total. The van der Waals surface area contributed by atoms with E-state index in [1.54, 1.807) is 4.90 Å². The van der Waals surface area contributed by atoms with Crippen molar-refractivity contribution in [2.45, 2.75) is 6.18 Å². The number of benzene rings is 1. The molecule has 20 heavy (non-hydrogen) atoms. The fraction of sp³-hybridized carbons (Fsp3) is 0.417. The topological polar surface area (TPSA) is 44.4 Å². The average Bonchev–Trinajstić information content (AvgIpc) is 2.73. The van der Waals surface area contributed by atoms with E-state index in [-0.39, 0.29) is 16.7 Å². The highest BCUT2D eigenvalue weighted by atomic mass is 35.5. The minimum absolute atomic E-state index is 0.0150. The molecule has 0 radical (unpaired) electrons. The zero-order valence-electron chi connectivity index (χ0n) is 10.4. The van der Waals surface area contributed by atoms with Crippen LogP contribution in [0.4, 0.5) is 23.7 Å². The number of rotatable bonds is 4. The van der Waals surface area contributed by atoms with Crippen LogP contribution in [0.2, 0.25) is 5.02 Å². The first-order valence-electron chi connectivity index (χ1n) is 6.01. The number of alkyl halides is 3. The van der Waals surface area contributed by atoms with Crippen LogP contribution in [0, 0.1) is 0 Å². The van der Waals surface area contributed by atoms with Crippen LogP contribution in [0.1, 0.15) is 5.56 Å². The molecule has 8 heteroatoms. The summed E-state index contributed by atoms with van der Waals surface area (Å²) in [4.78, 5) is 12.9. The van der Waals surface area contributed by atoms with Crippen molar-refractivity contribution in [3.8, 4) is 0 Å². The average molecular weight is 308 g/mol. The van der Waals surface area contributed by atoms with Crippen LogP contribution in [-0.4, -0.2) is 37.1 Å². The molecule has 1 fully saturated rings. The summed E-state index contributed by atoms with van der Waals surface area (Å²) in [6.07, 6.45) is -4.43. The molecule has 0 aromatic heterocycles. The van der Waals surface area contributed by atoms with Crippen molar-refractivity contribution in [2.75, 3.05) is 31.5 Å². The van der Waals surface area contributed by atoms with Crippen molar-refractivity contribution < 1.29 is 18.0 Å². The van der Waals surface area contributed by atoms with Crippen molar-refractivity contribution >= 4 is 23.3 Å². The summed E-state index contributed by atoms with van der Waals surface area (Å²) in [5.74, 6) is 0. The van der Waals surface area contributed by atoms with Crippen LogP contribution in [0.15, 0.2) is 18.2 Å². The third-order valence-corrected chi connectivity index (χ3v) is 3.10. The van der Waals surface area contributed by atoms with Gasteiger partial charge in [-0.15, -0.1) is 0 Å². The van der Waals surface area contributed by atoms with E-state index in [0.717, 1.165) is 12.1 Å². The molecule has 0 saturated carbocycles. The molecule has 2 rings (SSSR count). The third kappa shape index (κ3) is 3.69. The molecule has 1 aromatic carbocycles. The summed E-state index contributed by atoms with van der Waals surface area (Å²) < 4.78 is 37.9. The van der Waals surface area contributed by atoms with Gasteiger partial charge in [-0.2, -0.15) is 13.2 Å². The maximum absolute atomic E-state index is 12.6. The quantitative estimate of drug-likeness (QED) is 0.898. The Labute approximate surface area is 118 Å². The van der Waals surface area contributed by atoms with Gasteiger partial charge >= 0.3 is 12.2 Å².